The Kier molecular flexibility index (Phi) is 1.27. The van der Waals surface area contributed by atoms with Crippen molar-refractivity contribution in [1.29, 1.82) is 0 Å². The van der Waals surface area contributed by atoms with Crippen molar-refractivity contribution in [3.8, 4) is 0 Å². The fraction of sp³-hybridized carbons (Fsp3) is 0.636. The number of anilines is 1. The quantitative estimate of drug-likeness (QED) is 0.665. The lowest BCUT2D eigenvalue weighted by Crippen LogP contribution is -2.13. The summed E-state index contributed by atoms with van der Waals surface area (Å²) >= 11 is 0. The minimum absolute atomic E-state index is 0.712. The highest BCUT2D eigenvalue weighted by molar-refractivity contribution is 5.56. The van der Waals surface area contributed by atoms with Crippen LogP contribution in [0.4, 0.5) is 5.82 Å². The van der Waals surface area contributed by atoms with Gasteiger partial charge in [-0.05, 0) is 53.7 Å². The maximum absolute atomic E-state index is 4.48. The van der Waals surface area contributed by atoms with Crippen LogP contribution in [-0.2, 0) is 0 Å². The zero-order chi connectivity index (χ0) is 11.0. The van der Waals surface area contributed by atoms with Gasteiger partial charge in [-0.3, -0.25) is 0 Å². The molecule has 5 rings (SSSR count). The Labute approximate surface area is 97.6 Å². The molecule has 1 aliphatic heterocycles. The van der Waals surface area contributed by atoms with Crippen LogP contribution in [0.25, 0.3) is 5.65 Å². The summed E-state index contributed by atoms with van der Waals surface area (Å²) in [4.78, 5) is 2.47. The molecule has 0 amide bonds. The van der Waals surface area contributed by atoms with Crippen LogP contribution in [0.15, 0.2) is 12.1 Å². The summed E-state index contributed by atoms with van der Waals surface area (Å²) < 4.78 is 1.52. The molecule has 3 aliphatic rings. The van der Waals surface area contributed by atoms with E-state index in [1.807, 2.05) is 12.1 Å². The van der Waals surface area contributed by atoms with Crippen molar-refractivity contribution in [3.05, 3.63) is 12.1 Å². The number of fused-ring (bicyclic) bond motifs is 6. The Morgan fingerprint density at radius 3 is 2.76 bits per heavy atom. The molecule has 2 aromatic heterocycles. The molecule has 0 unspecified atom stereocenters. The first kappa shape index (κ1) is 8.38. The van der Waals surface area contributed by atoms with Gasteiger partial charge in [0, 0.05) is 0 Å². The first-order chi connectivity index (χ1) is 8.42. The molecule has 86 valence electrons. The number of nitrogens with zero attached hydrogens (tertiary/aromatic N) is 6. The molecule has 3 heterocycles. The topological polar surface area (TPSA) is 59.0 Å². The van der Waals surface area contributed by atoms with Crippen LogP contribution in [0.5, 0.6) is 0 Å². The molecule has 17 heavy (non-hydrogen) atoms. The fourth-order valence-electron chi connectivity index (χ4n) is 4.04. The van der Waals surface area contributed by atoms with Crippen LogP contribution in [-0.4, -0.2) is 37.3 Å². The predicted octanol–water partition coefficient (Wildman–Crippen LogP) is 0.506. The van der Waals surface area contributed by atoms with Gasteiger partial charge >= 0.3 is 0 Å². The molecule has 6 nitrogen and oxygen atoms in total. The van der Waals surface area contributed by atoms with Gasteiger partial charge in [-0.15, -0.1) is 14.8 Å². The van der Waals surface area contributed by atoms with Gasteiger partial charge in [-0.1, -0.05) is 0 Å². The minimum atomic E-state index is 0.712. The Morgan fingerprint density at radius 2 is 1.94 bits per heavy atom. The number of hydrogen-bond acceptors (Lipinski definition) is 5. The largest absolute Gasteiger partial charge is 0.344 e. The summed E-state index contributed by atoms with van der Waals surface area (Å²) in [5.74, 6) is 2.86. The van der Waals surface area contributed by atoms with E-state index in [-0.39, 0.29) is 0 Å². The van der Waals surface area contributed by atoms with Crippen LogP contribution in [0.3, 0.4) is 0 Å². The third kappa shape index (κ3) is 0.924. The molecule has 3 fully saturated rings. The zero-order valence-corrected chi connectivity index (χ0v) is 9.27. The lowest BCUT2D eigenvalue weighted by Gasteiger charge is -2.11. The average Bonchev–Trinajstić information content (AvgIpc) is 2.76. The molecule has 2 bridgehead atoms. The Hall–Kier alpha value is -1.72. The van der Waals surface area contributed by atoms with E-state index in [9.17, 15) is 0 Å². The molecule has 0 N–H and O–H groups in total. The summed E-state index contributed by atoms with van der Waals surface area (Å²) in [6.07, 6.45) is 4.27. The molecular formula is C11H12N6. The number of rotatable bonds is 1. The van der Waals surface area contributed by atoms with Crippen molar-refractivity contribution in [2.24, 2.45) is 11.8 Å². The van der Waals surface area contributed by atoms with Crippen molar-refractivity contribution >= 4 is 11.5 Å². The van der Waals surface area contributed by atoms with Crippen LogP contribution in [0.1, 0.15) is 19.3 Å². The highest BCUT2D eigenvalue weighted by Gasteiger charge is 2.64. The molecule has 0 spiro atoms. The predicted molar refractivity (Wildman–Crippen MR) is 59.5 cm³/mol. The molecule has 2 aromatic rings. The summed E-state index contributed by atoms with van der Waals surface area (Å²) in [6.45, 7) is 0. The Bertz CT molecular complexity index is 591. The van der Waals surface area contributed by atoms with Gasteiger partial charge in [0.15, 0.2) is 11.5 Å². The molecule has 0 aromatic carbocycles. The number of piperidine rings is 1. The fourth-order valence-corrected chi connectivity index (χ4v) is 4.04. The monoisotopic (exact) mass is 228 g/mol. The van der Waals surface area contributed by atoms with Gasteiger partial charge in [0.1, 0.15) is 0 Å². The smallest absolute Gasteiger partial charge is 0.200 e. The number of aromatic nitrogens is 5. The summed E-state index contributed by atoms with van der Waals surface area (Å²) in [6, 6.07) is 5.51. The molecular weight excluding hydrogens is 216 g/mol. The van der Waals surface area contributed by atoms with E-state index in [2.05, 4.69) is 25.5 Å². The van der Waals surface area contributed by atoms with E-state index < -0.39 is 0 Å². The maximum atomic E-state index is 4.48. The minimum Gasteiger partial charge on any atom is -0.344 e. The van der Waals surface area contributed by atoms with E-state index in [0.717, 1.165) is 29.7 Å². The van der Waals surface area contributed by atoms with E-state index in [4.69, 9.17) is 0 Å². The second-order valence-corrected chi connectivity index (χ2v) is 5.44. The van der Waals surface area contributed by atoms with Crippen molar-refractivity contribution in [3.63, 3.8) is 0 Å². The second-order valence-electron chi connectivity index (χ2n) is 5.44. The molecule has 1 saturated heterocycles. The summed E-state index contributed by atoms with van der Waals surface area (Å²) in [5.41, 5.74) is 0.712. The maximum Gasteiger partial charge on any atom is 0.200 e. The third-order valence-corrected chi connectivity index (χ3v) is 4.70. The molecule has 0 radical (unpaired) electrons. The standard InChI is InChI=1S/C11H12N6/c1-2-7-5-6(1)10-11(7)16(10)9-4-3-8-12-14-15-17(8)13-9/h3-4,6-7,10-11H,1-2,5H2/t6-,7-,10-,11+,16?/m0/s1. The normalized spacial score (nSPS) is 37.8. The van der Waals surface area contributed by atoms with E-state index in [0.29, 0.717) is 5.65 Å². The Morgan fingerprint density at radius 1 is 1.12 bits per heavy atom. The summed E-state index contributed by atoms with van der Waals surface area (Å²) in [5, 5.41) is 15.8. The van der Waals surface area contributed by atoms with Crippen LogP contribution in [0.2, 0.25) is 0 Å². The highest BCUT2D eigenvalue weighted by Crippen LogP contribution is 2.59. The van der Waals surface area contributed by atoms with Crippen LogP contribution in [0, 0.1) is 11.8 Å². The van der Waals surface area contributed by atoms with Crippen molar-refractivity contribution in [2.75, 3.05) is 4.90 Å². The van der Waals surface area contributed by atoms with Crippen molar-refractivity contribution in [1.82, 2.24) is 25.3 Å². The molecule has 4 atom stereocenters. The summed E-state index contributed by atoms with van der Waals surface area (Å²) in [7, 11) is 0. The van der Waals surface area contributed by atoms with E-state index >= 15 is 0 Å². The van der Waals surface area contributed by atoms with Gasteiger partial charge in [0.05, 0.1) is 12.1 Å². The van der Waals surface area contributed by atoms with Gasteiger partial charge in [-0.25, -0.2) is 0 Å². The molecule has 2 aliphatic carbocycles. The van der Waals surface area contributed by atoms with Gasteiger partial charge < -0.3 is 4.90 Å². The van der Waals surface area contributed by atoms with Crippen LogP contribution >= 0.6 is 0 Å². The third-order valence-electron chi connectivity index (χ3n) is 4.70. The van der Waals surface area contributed by atoms with Crippen molar-refractivity contribution in [2.45, 2.75) is 31.3 Å². The average molecular weight is 228 g/mol. The van der Waals surface area contributed by atoms with Gasteiger partial charge in [0.2, 0.25) is 0 Å². The van der Waals surface area contributed by atoms with E-state index in [1.54, 1.807) is 0 Å². The first-order valence-electron chi connectivity index (χ1n) is 6.25. The lowest BCUT2D eigenvalue weighted by atomic mass is 10.0. The number of hydrogen-bond donors (Lipinski definition) is 0. The number of tetrazole rings is 1. The van der Waals surface area contributed by atoms with Gasteiger partial charge in [0.25, 0.3) is 0 Å². The van der Waals surface area contributed by atoms with E-state index in [1.165, 1.54) is 23.9 Å². The lowest BCUT2D eigenvalue weighted by molar-refractivity contribution is 0.546. The Balaban J connectivity index is 1.57. The first-order valence-corrected chi connectivity index (χ1v) is 6.25. The zero-order valence-electron chi connectivity index (χ0n) is 9.27. The molecule has 2 saturated carbocycles. The molecule has 6 heteroatoms. The SMILES string of the molecule is c1cc2nnnn2nc1N1[C@@H]2[C@H]3CC[C@@H](C3)[C@@H]21. The second kappa shape index (κ2) is 2.57. The van der Waals surface area contributed by atoms with Gasteiger partial charge in [-0.2, -0.15) is 0 Å². The highest BCUT2D eigenvalue weighted by atomic mass is 15.6. The van der Waals surface area contributed by atoms with Crippen LogP contribution < -0.4 is 4.90 Å². The van der Waals surface area contributed by atoms with Crippen molar-refractivity contribution < 1.29 is 0 Å².